The van der Waals surface area contributed by atoms with Gasteiger partial charge in [0.2, 0.25) is 0 Å². The fourth-order valence-corrected chi connectivity index (χ4v) is 2.20. The maximum Gasteiger partial charge on any atom is 0.399 e. The van der Waals surface area contributed by atoms with Crippen LogP contribution in [0, 0.1) is 0 Å². The van der Waals surface area contributed by atoms with Crippen LogP contribution in [-0.2, 0) is 33.1 Å². The molecule has 24 heavy (non-hydrogen) atoms. The molecular weight excluding hydrogens is 340 g/mol. The molecule has 0 aliphatic heterocycles. The highest BCUT2D eigenvalue weighted by molar-refractivity contribution is 7.81. The monoisotopic (exact) mass is 366 g/mol. The van der Waals surface area contributed by atoms with Crippen LogP contribution in [0.25, 0.3) is 0 Å². The quantitative estimate of drug-likeness (QED) is 0.427. The number of hydrogen-bond donors (Lipinski definition) is 1. The average Bonchev–Trinajstić information content (AvgIpc) is 2.53. The topological polar surface area (TPSA) is 124 Å². The first kappa shape index (κ1) is 22.8. The summed E-state index contributed by atoms with van der Waals surface area (Å²) in [6, 6.07) is 0. The van der Waals surface area contributed by atoms with Gasteiger partial charge in [0, 0.05) is 38.5 Å². The van der Waals surface area contributed by atoms with Crippen LogP contribution in [0.1, 0.15) is 58.3 Å². The number of hydrogen-bond acceptors (Lipinski definition) is 8. The maximum absolute atomic E-state index is 11.6. The van der Waals surface area contributed by atoms with Gasteiger partial charge in [-0.2, -0.15) is 8.42 Å². The third-order valence-electron chi connectivity index (χ3n) is 3.24. The van der Waals surface area contributed by atoms with Crippen LogP contribution in [0.3, 0.4) is 0 Å². The second-order valence-corrected chi connectivity index (χ2v) is 6.89. The number of Topliss-reactive ketones (excluding diaryl/α,β-unsaturated/α-hetero) is 3. The van der Waals surface area contributed by atoms with E-state index in [-0.39, 0.29) is 68.9 Å². The fraction of sp³-hybridized carbons (Fsp3) is 0.800. The van der Waals surface area contributed by atoms with Crippen molar-refractivity contribution >= 4 is 27.7 Å². The van der Waals surface area contributed by atoms with E-state index < -0.39 is 16.5 Å². The van der Waals surface area contributed by atoms with E-state index in [9.17, 15) is 22.8 Å². The summed E-state index contributed by atoms with van der Waals surface area (Å²) in [6.07, 6.45) is 0.778. The van der Waals surface area contributed by atoms with Gasteiger partial charge in [-0.3, -0.25) is 18.6 Å². The minimum atomic E-state index is -3.98. The van der Waals surface area contributed by atoms with Crippen LogP contribution in [-0.4, -0.2) is 50.7 Å². The Labute approximate surface area is 142 Å². The summed E-state index contributed by atoms with van der Waals surface area (Å²) >= 11 is 0. The lowest BCUT2D eigenvalue weighted by Crippen LogP contribution is -2.11. The minimum absolute atomic E-state index is 0.0672. The van der Waals surface area contributed by atoms with Crippen molar-refractivity contribution in [1.29, 1.82) is 0 Å². The molecule has 1 N–H and O–H groups in total. The Morgan fingerprint density at radius 3 is 1.83 bits per heavy atom. The van der Waals surface area contributed by atoms with Crippen LogP contribution in [0.2, 0.25) is 0 Å². The molecule has 0 rings (SSSR count). The summed E-state index contributed by atoms with van der Waals surface area (Å²) in [5.74, 6) is -0.402. The number of aliphatic hydroxyl groups is 1. The maximum atomic E-state index is 11.6. The van der Waals surface area contributed by atoms with Gasteiger partial charge in [-0.1, -0.05) is 0 Å². The van der Waals surface area contributed by atoms with Gasteiger partial charge < -0.3 is 5.11 Å². The number of rotatable bonds is 15. The molecule has 1 atom stereocenters. The molecule has 9 heteroatoms. The average molecular weight is 366 g/mol. The third kappa shape index (κ3) is 13.3. The normalized spacial score (nSPS) is 12.8. The van der Waals surface area contributed by atoms with E-state index in [0.717, 1.165) is 7.11 Å². The molecular formula is C15H26O8S. The van der Waals surface area contributed by atoms with Crippen molar-refractivity contribution in [2.45, 2.75) is 64.4 Å². The summed E-state index contributed by atoms with van der Waals surface area (Å²) in [7, 11) is -3.01. The highest BCUT2D eigenvalue weighted by Crippen LogP contribution is 2.07. The molecule has 0 amide bonds. The van der Waals surface area contributed by atoms with Crippen molar-refractivity contribution in [2.75, 3.05) is 13.7 Å². The zero-order valence-corrected chi connectivity index (χ0v) is 15.0. The molecule has 0 aromatic carbocycles. The van der Waals surface area contributed by atoms with Gasteiger partial charge in [-0.25, -0.2) is 4.18 Å². The minimum Gasteiger partial charge on any atom is -0.393 e. The summed E-state index contributed by atoms with van der Waals surface area (Å²) in [4.78, 5) is 34.7. The van der Waals surface area contributed by atoms with Crippen LogP contribution in [0.15, 0.2) is 0 Å². The molecule has 8 nitrogen and oxygen atoms in total. The number of carbonyl (C=O) groups is 3. The Morgan fingerprint density at radius 2 is 1.38 bits per heavy atom. The molecule has 0 fully saturated rings. The molecule has 0 aromatic heterocycles. The summed E-state index contributed by atoms with van der Waals surface area (Å²) in [6.45, 7) is 1.44. The molecule has 1 unspecified atom stereocenters. The van der Waals surface area contributed by atoms with Crippen LogP contribution < -0.4 is 0 Å². The summed E-state index contributed by atoms with van der Waals surface area (Å²) < 4.78 is 30.2. The predicted octanol–water partition coefficient (Wildman–Crippen LogP) is 1.10. The molecule has 0 spiro atoms. The second-order valence-electron chi connectivity index (χ2n) is 5.50. The lowest BCUT2D eigenvalue weighted by molar-refractivity contribution is -0.126. The van der Waals surface area contributed by atoms with Crippen molar-refractivity contribution in [2.24, 2.45) is 0 Å². The Balaban J connectivity index is 3.75. The molecule has 0 radical (unpaired) electrons. The van der Waals surface area contributed by atoms with E-state index in [1.807, 2.05) is 0 Å². The summed E-state index contributed by atoms with van der Waals surface area (Å²) in [5.41, 5.74) is 0. The van der Waals surface area contributed by atoms with E-state index >= 15 is 0 Å². The lowest BCUT2D eigenvalue weighted by Gasteiger charge is -2.04. The molecule has 0 saturated heterocycles. The van der Waals surface area contributed by atoms with E-state index in [1.54, 1.807) is 6.92 Å². The molecule has 0 bridgehead atoms. The van der Waals surface area contributed by atoms with E-state index in [0.29, 0.717) is 6.42 Å². The van der Waals surface area contributed by atoms with E-state index in [2.05, 4.69) is 8.37 Å². The largest absolute Gasteiger partial charge is 0.399 e. The van der Waals surface area contributed by atoms with Gasteiger partial charge in [-0.05, 0) is 19.8 Å². The standard InChI is InChI=1S/C15H26O8S/c1-12(16)5-6-14(18)9-10-15(19)8-7-13(17)4-3-11-23-24(20,21)22-2/h12,16H,3-11H2,1-2H3. The van der Waals surface area contributed by atoms with Crippen LogP contribution >= 0.6 is 0 Å². The number of carbonyl (C=O) groups excluding carboxylic acids is 3. The lowest BCUT2D eigenvalue weighted by atomic mass is 10.0. The van der Waals surface area contributed by atoms with Gasteiger partial charge in [-0.15, -0.1) is 0 Å². The first-order chi connectivity index (χ1) is 11.2. The summed E-state index contributed by atoms with van der Waals surface area (Å²) in [5, 5.41) is 9.07. The van der Waals surface area contributed by atoms with Crippen molar-refractivity contribution in [3.05, 3.63) is 0 Å². The highest BCUT2D eigenvalue weighted by Gasteiger charge is 2.12. The third-order valence-corrected chi connectivity index (χ3v) is 4.10. The van der Waals surface area contributed by atoms with E-state index in [1.165, 1.54) is 0 Å². The Kier molecular flexibility index (Phi) is 11.6. The first-order valence-electron chi connectivity index (χ1n) is 7.84. The zero-order chi connectivity index (χ0) is 18.6. The fourth-order valence-electron chi connectivity index (χ4n) is 1.78. The van der Waals surface area contributed by atoms with Crippen LogP contribution in [0.4, 0.5) is 0 Å². The smallest absolute Gasteiger partial charge is 0.393 e. The van der Waals surface area contributed by atoms with Gasteiger partial charge in [0.1, 0.15) is 17.3 Å². The molecule has 0 aliphatic carbocycles. The molecule has 0 aliphatic rings. The Hall–Kier alpha value is -1.16. The SMILES string of the molecule is COS(=O)(=O)OCCCC(=O)CCC(=O)CCC(=O)CCC(C)O. The first-order valence-corrected chi connectivity index (χ1v) is 9.17. The van der Waals surface area contributed by atoms with Crippen molar-refractivity contribution < 1.29 is 36.3 Å². The Morgan fingerprint density at radius 1 is 0.917 bits per heavy atom. The van der Waals surface area contributed by atoms with Gasteiger partial charge in [0.25, 0.3) is 0 Å². The van der Waals surface area contributed by atoms with Gasteiger partial charge in [0.15, 0.2) is 0 Å². The van der Waals surface area contributed by atoms with Gasteiger partial charge >= 0.3 is 10.4 Å². The zero-order valence-electron chi connectivity index (χ0n) is 14.2. The van der Waals surface area contributed by atoms with Gasteiger partial charge in [0.05, 0.1) is 19.8 Å². The molecule has 140 valence electrons. The van der Waals surface area contributed by atoms with E-state index in [4.69, 9.17) is 5.11 Å². The number of aliphatic hydroxyl groups excluding tert-OH is 1. The highest BCUT2D eigenvalue weighted by atomic mass is 32.3. The second kappa shape index (κ2) is 12.2. The van der Waals surface area contributed by atoms with Crippen molar-refractivity contribution in [3.63, 3.8) is 0 Å². The Bertz CT molecular complexity index is 510. The predicted molar refractivity (Wildman–Crippen MR) is 85.5 cm³/mol. The van der Waals surface area contributed by atoms with Crippen molar-refractivity contribution in [1.82, 2.24) is 0 Å². The molecule has 0 aromatic rings. The van der Waals surface area contributed by atoms with Crippen LogP contribution in [0.5, 0.6) is 0 Å². The molecule has 0 saturated carbocycles. The van der Waals surface area contributed by atoms with Crippen molar-refractivity contribution in [3.8, 4) is 0 Å². The number of ketones is 3. The molecule has 0 heterocycles.